The van der Waals surface area contributed by atoms with E-state index in [-0.39, 0.29) is 5.78 Å². The quantitative estimate of drug-likeness (QED) is 0.440. The van der Waals surface area contributed by atoms with Crippen LogP contribution in [0.4, 0.5) is 0 Å². The van der Waals surface area contributed by atoms with Gasteiger partial charge in [0.1, 0.15) is 12.1 Å². The van der Waals surface area contributed by atoms with Gasteiger partial charge in [-0.3, -0.25) is 4.79 Å². The van der Waals surface area contributed by atoms with E-state index in [1.165, 1.54) is 4.88 Å². The number of hydrogen-bond donors (Lipinski definition) is 0. The lowest BCUT2D eigenvalue weighted by molar-refractivity contribution is 0.101. The van der Waals surface area contributed by atoms with Gasteiger partial charge < -0.3 is 9.30 Å². The Morgan fingerprint density at radius 3 is 2.96 bits per heavy atom. The lowest BCUT2D eigenvalue weighted by Gasteiger charge is -2.10. The predicted octanol–water partition coefficient (Wildman–Crippen LogP) is 4.09. The zero-order chi connectivity index (χ0) is 17.6. The minimum Gasteiger partial charge on any atom is -0.496 e. The first-order chi connectivity index (χ1) is 12.2. The van der Waals surface area contributed by atoms with Crippen molar-refractivity contribution in [3.8, 4) is 5.75 Å². The van der Waals surface area contributed by atoms with Gasteiger partial charge >= 0.3 is 0 Å². The number of Topliss-reactive ketones (excluding diaryl/α,β-unsaturated/α-hetero) is 1. The van der Waals surface area contributed by atoms with E-state index < -0.39 is 0 Å². The minimum absolute atomic E-state index is 0.0491. The number of rotatable bonds is 8. The zero-order valence-corrected chi connectivity index (χ0v) is 15.8. The Hall–Kier alpha value is -2.12. The van der Waals surface area contributed by atoms with Gasteiger partial charge in [-0.1, -0.05) is 17.8 Å². The summed E-state index contributed by atoms with van der Waals surface area (Å²) in [5, 5.41) is 11.2. The van der Waals surface area contributed by atoms with Crippen LogP contribution in [0.2, 0.25) is 0 Å². The molecule has 0 aliphatic rings. The molecule has 2 heterocycles. The van der Waals surface area contributed by atoms with Crippen LogP contribution in [0.3, 0.4) is 0 Å². The second-order valence-corrected chi connectivity index (χ2v) is 7.48. The summed E-state index contributed by atoms with van der Waals surface area (Å²) >= 11 is 3.36. The van der Waals surface area contributed by atoms with Crippen LogP contribution in [-0.4, -0.2) is 27.7 Å². The van der Waals surface area contributed by atoms with Gasteiger partial charge in [-0.05, 0) is 43.0 Å². The molecule has 3 rings (SSSR count). The third kappa shape index (κ3) is 4.49. The zero-order valence-electron chi connectivity index (χ0n) is 14.1. The molecule has 1 aromatic carbocycles. The Morgan fingerprint density at radius 2 is 2.24 bits per heavy atom. The topological polar surface area (TPSA) is 57.0 Å². The Labute approximate surface area is 155 Å². The maximum atomic E-state index is 11.6. The third-order valence-electron chi connectivity index (χ3n) is 3.80. The van der Waals surface area contributed by atoms with Crippen LogP contribution in [0.15, 0.2) is 47.2 Å². The first-order valence-corrected chi connectivity index (χ1v) is 9.74. The van der Waals surface area contributed by atoms with Crippen molar-refractivity contribution in [2.75, 3.05) is 7.11 Å². The average Bonchev–Trinajstić information content (AvgIpc) is 3.29. The van der Waals surface area contributed by atoms with Crippen LogP contribution >= 0.6 is 23.1 Å². The molecule has 2 aromatic heterocycles. The van der Waals surface area contributed by atoms with Crippen molar-refractivity contribution in [1.82, 2.24) is 14.8 Å². The molecule has 0 bridgehead atoms. The number of ketones is 1. The number of thioether (sulfide) groups is 1. The molecule has 0 radical (unpaired) electrons. The number of nitrogens with zero attached hydrogens (tertiary/aromatic N) is 3. The number of carbonyl (C=O) groups is 1. The van der Waals surface area contributed by atoms with E-state index in [2.05, 4.69) is 32.3 Å². The van der Waals surface area contributed by atoms with E-state index in [4.69, 9.17) is 4.74 Å². The standard InChI is InChI=1S/C18H19N3O2S2/c1-13(22)14-5-6-17(23-2)15(10-14)11-25-18-20-19-12-21(18)8-7-16-4-3-9-24-16/h3-6,9-10,12H,7-8,11H2,1-2H3. The highest BCUT2D eigenvalue weighted by Gasteiger charge is 2.11. The molecule has 130 valence electrons. The van der Waals surface area contributed by atoms with E-state index >= 15 is 0 Å². The van der Waals surface area contributed by atoms with Gasteiger partial charge in [0.2, 0.25) is 0 Å². The van der Waals surface area contributed by atoms with Crippen LogP contribution in [0.25, 0.3) is 0 Å². The predicted molar refractivity (Wildman–Crippen MR) is 101 cm³/mol. The average molecular weight is 374 g/mol. The van der Waals surface area contributed by atoms with Crippen molar-refractivity contribution in [1.29, 1.82) is 0 Å². The van der Waals surface area contributed by atoms with Gasteiger partial charge in [-0.25, -0.2) is 0 Å². The normalized spacial score (nSPS) is 10.8. The molecule has 0 aliphatic heterocycles. The molecule has 0 spiro atoms. The highest BCUT2D eigenvalue weighted by molar-refractivity contribution is 7.98. The molecule has 0 N–H and O–H groups in total. The van der Waals surface area contributed by atoms with Gasteiger partial charge in [0.25, 0.3) is 0 Å². The van der Waals surface area contributed by atoms with E-state index in [1.54, 1.807) is 49.5 Å². The second-order valence-electron chi connectivity index (χ2n) is 5.51. The SMILES string of the molecule is COc1ccc(C(C)=O)cc1CSc1nncn1CCc1cccs1. The maximum Gasteiger partial charge on any atom is 0.191 e. The number of benzene rings is 1. The largest absolute Gasteiger partial charge is 0.496 e. The van der Waals surface area contributed by atoms with Crippen LogP contribution in [-0.2, 0) is 18.7 Å². The van der Waals surface area contributed by atoms with Crippen molar-refractivity contribution < 1.29 is 9.53 Å². The van der Waals surface area contributed by atoms with Gasteiger partial charge in [0, 0.05) is 28.3 Å². The summed E-state index contributed by atoms with van der Waals surface area (Å²) in [5.41, 5.74) is 1.67. The van der Waals surface area contributed by atoms with Crippen molar-refractivity contribution >= 4 is 28.9 Å². The lowest BCUT2D eigenvalue weighted by atomic mass is 10.1. The second kappa shape index (κ2) is 8.31. The molecule has 0 saturated heterocycles. The summed E-state index contributed by atoms with van der Waals surface area (Å²) in [7, 11) is 1.64. The van der Waals surface area contributed by atoms with E-state index in [1.807, 2.05) is 12.1 Å². The molecule has 0 atom stereocenters. The van der Waals surface area contributed by atoms with Crippen molar-refractivity contribution in [3.63, 3.8) is 0 Å². The lowest BCUT2D eigenvalue weighted by Crippen LogP contribution is -2.02. The van der Waals surface area contributed by atoms with Gasteiger partial charge in [-0.15, -0.1) is 21.5 Å². The molecule has 3 aromatic rings. The summed E-state index contributed by atoms with van der Waals surface area (Å²) in [6, 6.07) is 9.73. The van der Waals surface area contributed by atoms with Crippen LogP contribution in [0.5, 0.6) is 5.75 Å². The van der Waals surface area contributed by atoms with Crippen LogP contribution in [0.1, 0.15) is 27.7 Å². The monoisotopic (exact) mass is 373 g/mol. The van der Waals surface area contributed by atoms with Crippen molar-refractivity contribution in [2.45, 2.75) is 30.8 Å². The first kappa shape index (κ1) is 17.7. The fraction of sp³-hybridized carbons (Fsp3) is 0.278. The summed E-state index contributed by atoms with van der Waals surface area (Å²) in [6.45, 7) is 2.42. The Bertz CT molecular complexity index is 844. The Kier molecular flexibility index (Phi) is 5.88. The first-order valence-electron chi connectivity index (χ1n) is 7.88. The molecule has 7 heteroatoms. The van der Waals surface area contributed by atoms with E-state index in [0.29, 0.717) is 11.3 Å². The molecule has 0 aliphatic carbocycles. The van der Waals surface area contributed by atoms with Gasteiger partial charge in [0.05, 0.1) is 7.11 Å². The third-order valence-corrected chi connectivity index (χ3v) is 5.77. The number of carbonyl (C=O) groups excluding carboxylic acids is 1. The number of methoxy groups -OCH3 is 1. The van der Waals surface area contributed by atoms with Gasteiger partial charge in [-0.2, -0.15) is 0 Å². The smallest absolute Gasteiger partial charge is 0.191 e. The highest BCUT2D eigenvalue weighted by Crippen LogP contribution is 2.28. The highest BCUT2D eigenvalue weighted by atomic mass is 32.2. The maximum absolute atomic E-state index is 11.6. The number of hydrogen-bond acceptors (Lipinski definition) is 6. The molecule has 0 unspecified atom stereocenters. The molecular weight excluding hydrogens is 354 g/mol. The van der Waals surface area contributed by atoms with E-state index in [9.17, 15) is 4.79 Å². The fourth-order valence-corrected chi connectivity index (χ4v) is 4.07. The summed E-state index contributed by atoms with van der Waals surface area (Å²) in [6.07, 6.45) is 2.73. The van der Waals surface area contributed by atoms with Crippen molar-refractivity contribution in [2.24, 2.45) is 0 Å². The summed E-state index contributed by atoms with van der Waals surface area (Å²) in [5.74, 6) is 1.50. The number of ether oxygens (including phenoxy) is 1. The fourth-order valence-electron chi connectivity index (χ4n) is 2.45. The molecule has 0 saturated carbocycles. The Morgan fingerprint density at radius 1 is 1.36 bits per heavy atom. The number of aromatic nitrogens is 3. The van der Waals surface area contributed by atoms with Crippen LogP contribution in [0, 0.1) is 0 Å². The van der Waals surface area contributed by atoms with E-state index in [0.717, 1.165) is 29.4 Å². The molecule has 25 heavy (non-hydrogen) atoms. The molecular formula is C18H19N3O2S2. The van der Waals surface area contributed by atoms with Gasteiger partial charge in [0.15, 0.2) is 10.9 Å². The molecule has 0 amide bonds. The number of aryl methyl sites for hydroxylation is 2. The summed E-state index contributed by atoms with van der Waals surface area (Å²) in [4.78, 5) is 13.0. The molecule has 5 nitrogen and oxygen atoms in total. The molecule has 0 fully saturated rings. The Balaban J connectivity index is 1.68. The van der Waals surface area contributed by atoms with Crippen LogP contribution < -0.4 is 4.74 Å². The summed E-state index contributed by atoms with van der Waals surface area (Å²) < 4.78 is 7.47. The minimum atomic E-state index is 0.0491. The number of thiophene rings is 1. The van der Waals surface area contributed by atoms with Crippen molar-refractivity contribution in [3.05, 3.63) is 58.0 Å².